The lowest BCUT2D eigenvalue weighted by atomic mass is 9.93. The van der Waals surface area contributed by atoms with Gasteiger partial charge in [0.15, 0.2) is 11.1 Å². The number of ketones is 1. The molecule has 3 rings (SSSR count). The van der Waals surface area contributed by atoms with Gasteiger partial charge in [-0.1, -0.05) is 55.4 Å². The van der Waals surface area contributed by atoms with Crippen molar-refractivity contribution in [3.05, 3.63) is 88.4 Å². The zero-order valence-corrected chi connectivity index (χ0v) is 18.2. The highest BCUT2D eigenvalue weighted by atomic mass is 35.5. The summed E-state index contributed by atoms with van der Waals surface area (Å²) in [6.45, 7) is 7.19. The van der Waals surface area contributed by atoms with Crippen molar-refractivity contribution >= 4 is 34.2 Å². The number of benzene rings is 2. The lowest BCUT2D eigenvalue weighted by molar-refractivity contribution is -0.112. The molecule has 2 aromatic rings. The third-order valence-corrected chi connectivity index (χ3v) is 6.08. The van der Waals surface area contributed by atoms with Crippen LogP contribution in [0.3, 0.4) is 0 Å². The Morgan fingerprint density at radius 2 is 2.07 bits per heavy atom. The highest BCUT2D eigenvalue weighted by Crippen LogP contribution is 2.26. The Morgan fingerprint density at radius 1 is 1.33 bits per heavy atom. The number of allylic oxidation sites excluding steroid dienone is 2. The summed E-state index contributed by atoms with van der Waals surface area (Å²) in [7, 11) is 0. The van der Waals surface area contributed by atoms with Crippen molar-refractivity contribution in [3.63, 3.8) is 0 Å². The summed E-state index contributed by atoms with van der Waals surface area (Å²) in [4.78, 5) is 17.5. The van der Waals surface area contributed by atoms with Gasteiger partial charge in [-0.15, -0.1) is 0 Å². The molecule has 0 bridgehead atoms. The fourth-order valence-electron chi connectivity index (χ4n) is 3.04. The second-order valence-corrected chi connectivity index (χ2v) is 8.66. The van der Waals surface area contributed by atoms with Crippen molar-refractivity contribution in [1.29, 1.82) is 0 Å². The molecule has 0 amide bonds. The Balaban J connectivity index is 1.72. The van der Waals surface area contributed by atoms with E-state index in [4.69, 9.17) is 15.8 Å². The lowest BCUT2D eigenvalue weighted by Gasteiger charge is -2.18. The molecular formula is C23H21ClFNO3S. The van der Waals surface area contributed by atoms with Gasteiger partial charge in [-0.2, -0.15) is 0 Å². The molecule has 2 aromatic carbocycles. The van der Waals surface area contributed by atoms with Crippen LogP contribution in [0.5, 0.6) is 0 Å². The zero-order valence-electron chi connectivity index (χ0n) is 16.7. The third-order valence-electron chi connectivity index (χ3n) is 4.62. The standard InChI is InChI=1S/C23H21ClFNO3S/c1-14-10-20(18-6-4-5-7-19(18)24)26-21(11-14)23(27)16(3)13-29-30(28)22-12-17(25)9-8-15(22)2/h4-9,11-12,14H,3,10,13H2,1-2H3. The van der Waals surface area contributed by atoms with E-state index in [-0.39, 0.29) is 34.5 Å². The quantitative estimate of drug-likeness (QED) is 0.539. The molecule has 0 aliphatic carbocycles. The Labute approximate surface area is 182 Å². The van der Waals surface area contributed by atoms with Crippen LogP contribution in [0.4, 0.5) is 4.39 Å². The average molecular weight is 446 g/mol. The van der Waals surface area contributed by atoms with Crippen LogP contribution in [0.1, 0.15) is 24.5 Å². The first-order chi connectivity index (χ1) is 14.3. The first-order valence-corrected chi connectivity index (χ1v) is 10.8. The Kier molecular flexibility index (Phi) is 7.13. The number of carbonyl (C=O) groups excluding carboxylic acids is 1. The fourth-order valence-corrected chi connectivity index (χ4v) is 4.20. The first kappa shape index (κ1) is 22.3. The molecule has 0 spiro atoms. The highest BCUT2D eigenvalue weighted by molar-refractivity contribution is 7.80. The first-order valence-electron chi connectivity index (χ1n) is 9.34. The number of nitrogens with zero attached hydrogens (tertiary/aromatic N) is 1. The lowest BCUT2D eigenvalue weighted by Crippen LogP contribution is -2.18. The summed E-state index contributed by atoms with van der Waals surface area (Å²) in [6.07, 6.45) is 2.44. The molecule has 1 heterocycles. The molecular weight excluding hydrogens is 425 g/mol. The normalized spacial score (nSPS) is 17.1. The van der Waals surface area contributed by atoms with Gasteiger partial charge in [0.05, 0.1) is 17.2 Å². The Bertz CT molecular complexity index is 1090. The number of aryl methyl sites for hydroxylation is 1. The van der Waals surface area contributed by atoms with Crippen molar-refractivity contribution in [2.24, 2.45) is 10.9 Å². The maximum absolute atomic E-state index is 13.4. The molecule has 2 unspecified atom stereocenters. The molecule has 0 radical (unpaired) electrons. The van der Waals surface area contributed by atoms with E-state index in [0.29, 0.717) is 17.0 Å². The van der Waals surface area contributed by atoms with Crippen LogP contribution in [-0.2, 0) is 20.1 Å². The van der Waals surface area contributed by atoms with E-state index in [1.165, 1.54) is 12.1 Å². The number of rotatable bonds is 7. The SMILES string of the molecule is C=C(COS(=O)c1cc(F)ccc1C)C(=O)C1=CC(C)CC(c2ccccc2Cl)=N1. The summed E-state index contributed by atoms with van der Waals surface area (Å²) >= 11 is 4.36. The molecule has 2 atom stereocenters. The van der Waals surface area contributed by atoms with Gasteiger partial charge in [-0.3, -0.25) is 8.98 Å². The molecule has 0 aromatic heterocycles. The summed E-state index contributed by atoms with van der Waals surface area (Å²) in [5.74, 6) is -0.810. The van der Waals surface area contributed by atoms with Crippen molar-refractivity contribution in [2.75, 3.05) is 6.61 Å². The van der Waals surface area contributed by atoms with Crippen molar-refractivity contribution < 1.29 is 17.6 Å². The second kappa shape index (κ2) is 9.60. The topological polar surface area (TPSA) is 55.7 Å². The molecule has 7 heteroatoms. The number of aliphatic imine (C=N–C) groups is 1. The molecule has 156 valence electrons. The summed E-state index contributed by atoms with van der Waals surface area (Å²) in [5.41, 5.74) is 2.51. The summed E-state index contributed by atoms with van der Waals surface area (Å²) in [6, 6.07) is 11.3. The molecule has 0 saturated carbocycles. The van der Waals surface area contributed by atoms with E-state index in [2.05, 4.69) is 11.6 Å². The number of hydrogen-bond donors (Lipinski definition) is 0. The van der Waals surface area contributed by atoms with Crippen molar-refractivity contribution in [3.8, 4) is 0 Å². The minimum absolute atomic E-state index is 0.0884. The average Bonchev–Trinajstić information content (AvgIpc) is 2.72. The van der Waals surface area contributed by atoms with Crippen LogP contribution in [-0.4, -0.2) is 22.3 Å². The number of halogens is 2. The van der Waals surface area contributed by atoms with E-state index in [1.54, 1.807) is 19.1 Å². The maximum atomic E-state index is 13.4. The monoisotopic (exact) mass is 445 g/mol. The predicted octanol–water partition coefficient (Wildman–Crippen LogP) is 5.37. The molecule has 0 fully saturated rings. The number of hydrogen-bond acceptors (Lipinski definition) is 4. The van der Waals surface area contributed by atoms with Crippen LogP contribution < -0.4 is 0 Å². The van der Waals surface area contributed by atoms with Gasteiger partial charge >= 0.3 is 0 Å². The minimum Gasteiger partial charge on any atom is -0.287 e. The van der Waals surface area contributed by atoms with E-state index in [9.17, 15) is 13.4 Å². The van der Waals surface area contributed by atoms with Crippen molar-refractivity contribution in [1.82, 2.24) is 0 Å². The highest BCUT2D eigenvalue weighted by Gasteiger charge is 2.22. The van der Waals surface area contributed by atoms with Crippen LogP contribution in [0.2, 0.25) is 5.02 Å². The molecule has 1 aliphatic rings. The summed E-state index contributed by atoms with van der Waals surface area (Å²) in [5, 5.41) is 0.570. The van der Waals surface area contributed by atoms with Crippen LogP contribution >= 0.6 is 11.6 Å². The van der Waals surface area contributed by atoms with Gasteiger partial charge in [-0.25, -0.2) is 13.6 Å². The van der Waals surface area contributed by atoms with Crippen molar-refractivity contribution in [2.45, 2.75) is 25.2 Å². The van der Waals surface area contributed by atoms with Gasteiger partial charge in [0, 0.05) is 16.2 Å². The number of carbonyl (C=O) groups is 1. The molecule has 30 heavy (non-hydrogen) atoms. The maximum Gasteiger partial charge on any atom is 0.208 e. The predicted molar refractivity (Wildman–Crippen MR) is 117 cm³/mol. The van der Waals surface area contributed by atoms with Crippen LogP contribution in [0, 0.1) is 18.7 Å². The van der Waals surface area contributed by atoms with Gasteiger partial charge in [0.25, 0.3) is 0 Å². The fraction of sp³-hybridized carbons (Fsp3) is 0.217. The molecule has 0 saturated heterocycles. The minimum atomic E-state index is -1.92. The van der Waals surface area contributed by atoms with E-state index in [0.717, 1.165) is 17.3 Å². The molecule has 4 nitrogen and oxygen atoms in total. The van der Waals surface area contributed by atoms with Crippen LogP contribution in [0.25, 0.3) is 0 Å². The second-order valence-electron chi connectivity index (χ2n) is 7.11. The molecule has 1 aliphatic heterocycles. The zero-order chi connectivity index (χ0) is 21.8. The van der Waals surface area contributed by atoms with Gasteiger partial charge in [0.2, 0.25) is 5.78 Å². The van der Waals surface area contributed by atoms with E-state index >= 15 is 0 Å². The van der Waals surface area contributed by atoms with Crippen LogP contribution in [0.15, 0.2) is 76.3 Å². The Hall–Kier alpha value is -2.41. The van der Waals surface area contributed by atoms with Gasteiger partial charge < -0.3 is 0 Å². The molecule has 0 N–H and O–H groups in total. The largest absolute Gasteiger partial charge is 0.287 e. The Morgan fingerprint density at radius 3 is 2.80 bits per heavy atom. The summed E-state index contributed by atoms with van der Waals surface area (Å²) < 4.78 is 31.1. The van der Waals surface area contributed by atoms with Gasteiger partial charge in [0.1, 0.15) is 11.5 Å². The smallest absolute Gasteiger partial charge is 0.208 e. The van der Waals surface area contributed by atoms with E-state index in [1.807, 2.05) is 25.1 Å². The number of Topliss-reactive ketones (excluding diaryl/α,β-unsaturated/α-hetero) is 1. The van der Waals surface area contributed by atoms with E-state index < -0.39 is 16.9 Å². The third kappa shape index (κ3) is 5.19. The van der Waals surface area contributed by atoms with Gasteiger partial charge in [-0.05, 0) is 43.0 Å².